The minimum absolute atomic E-state index is 0.00868. The third-order valence-electron chi connectivity index (χ3n) is 2.55. The number of ether oxygens (including phenoxy) is 1. The highest BCUT2D eigenvalue weighted by Crippen LogP contribution is 2.20. The molecule has 0 radical (unpaired) electrons. The maximum Gasteiger partial charge on any atom is 0.248 e. The fraction of sp³-hybridized carbons (Fsp3) is 0.364. The van der Waals surface area contributed by atoms with Crippen LogP contribution in [-0.2, 0) is 16.1 Å². The van der Waals surface area contributed by atoms with Gasteiger partial charge in [0.1, 0.15) is 6.61 Å². The van der Waals surface area contributed by atoms with Crippen molar-refractivity contribution in [1.29, 1.82) is 0 Å². The molecule has 1 aromatic rings. The molecule has 0 aliphatic carbocycles. The van der Waals surface area contributed by atoms with E-state index in [1.165, 1.54) is 0 Å². The smallest absolute Gasteiger partial charge is 0.248 e. The Morgan fingerprint density at radius 2 is 2.31 bits per heavy atom. The number of nitrogens with zero attached hydrogens (tertiary/aromatic N) is 1. The first-order chi connectivity index (χ1) is 7.66. The number of halogens is 1. The zero-order valence-corrected chi connectivity index (χ0v) is 9.54. The van der Waals surface area contributed by atoms with E-state index in [1.54, 1.807) is 23.1 Å². The molecule has 0 saturated carbocycles. The van der Waals surface area contributed by atoms with Crippen molar-refractivity contribution in [3.63, 3.8) is 0 Å². The number of hydrogen-bond donors (Lipinski definition) is 1. The molecule has 1 saturated heterocycles. The molecule has 16 heavy (non-hydrogen) atoms. The summed E-state index contributed by atoms with van der Waals surface area (Å²) >= 11 is 5.89. The van der Waals surface area contributed by atoms with E-state index in [0.29, 0.717) is 30.4 Å². The average Bonchev–Trinajstić information content (AvgIpc) is 2.27. The lowest BCUT2D eigenvalue weighted by Crippen LogP contribution is -2.41. The lowest BCUT2D eigenvalue weighted by molar-refractivity contribution is -0.143. The zero-order chi connectivity index (χ0) is 11.5. The van der Waals surface area contributed by atoms with Crippen molar-refractivity contribution in [2.24, 2.45) is 0 Å². The zero-order valence-electron chi connectivity index (χ0n) is 8.78. The summed E-state index contributed by atoms with van der Waals surface area (Å²) in [6.45, 7) is 1.83. The molecule has 5 heteroatoms. The number of benzene rings is 1. The molecule has 0 aromatic heterocycles. The van der Waals surface area contributed by atoms with Crippen LogP contribution >= 0.6 is 11.6 Å². The molecule has 0 bridgehead atoms. The van der Waals surface area contributed by atoms with Crippen LogP contribution in [0.5, 0.6) is 0 Å². The fourth-order valence-corrected chi connectivity index (χ4v) is 1.83. The number of carbonyl (C=O) groups is 1. The topological polar surface area (TPSA) is 55.6 Å². The second-order valence-electron chi connectivity index (χ2n) is 3.71. The molecule has 1 aliphatic rings. The summed E-state index contributed by atoms with van der Waals surface area (Å²) in [6.07, 6.45) is 0. The molecule has 1 heterocycles. The van der Waals surface area contributed by atoms with Crippen molar-refractivity contribution in [2.75, 3.05) is 25.5 Å². The van der Waals surface area contributed by atoms with Gasteiger partial charge < -0.3 is 15.4 Å². The minimum atomic E-state index is -0.00868. The number of hydrogen-bond acceptors (Lipinski definition) is 3. The minimum Gasteiger partial charge on any atom is -0.398 e. The maximum absolute atomic E-state index is 11.5. The molecule has 0 atom stereocenters. The van der Waals surface area contributed by atoms with Crippen LogP contribution in [-0.4, -0.2) is 30.6 Å². The van der Waals surface area contributed by atoms with E-state index in [1.807, 2.05) is 0 Å². The fourth-order valence-electron chi connectivity index (χ4n) is 1.63. The summed E-state index contributed by atoms with van der Waals surface area (Å²) < 4.78 is 5.06. The molecule has 1 fully saturated rings. The molecule has 0 spiro atoms. The number of amides is 1. The average molecular weight is 241 g/mol. The van der Waals surface area contributed by atoms with Gasteiger partial charge in [-0.05, 0) is 23.8 Å². The van der Waals surface area contributed by atoms with Gasteiger partial charge in [-0.25, -0.2) is 0 Å². The Balaban J connectivity index is 2.13. The molecule has 2 N–H and O–H groups in total. The van der Waals surface area contributed by atoms with E-state index < -0.39 is 0 Å². The predicted octanol–water partition coefficient (Wildman–Crippen LogP) is 1.28. The van der Waals surface area contributed by atoms with Crippen LogP contribution < -0.4 is 5.73 Å². The van der Waals surface area contributed by atoms with Gasteiger partial charge >= 0.3 is 0 Å². The van der Waals surface area contributed by atoms with E-state index in [-0.39, 0.29) is 12.5 Å². The summed E-state index contributed by atoms with van der Waals surface area (Å²) in [6, 6.07) is 5.28. The molecular formula is C11H13ClN2O2. The van der Waals surface area contributed by atoms with Gasteiger partial charge in [0.15, 0.2) is 0 Å². The lowest BCUT2D eigenvalue weighted by atomic mass is 10.1. The van der Waals surface area contributed by atoms with Gasteiger partial charge in [0.25, 0.3) is 0 Å². The molecule has 1 amide bonds. The van der Waals surface area contributed by atoms with Crippen LogP contribution in [0, 0.1) is 0 Å². The number of morpholine rings is 1. The Kier molecular flexibility index (Phi) is 3.31. The van der Waals surface area contributed by atoms with Crippen LogP contribution in [0.2, 0.25) is 5.02 Å². The third-order valence-corrected chi connectivity index (χ3v) is 2.79. The summed E-state index contributed by atoms with van der Waals surface area (Å²) in [4.78, 5) is 13.2. The maximum atomic E-state index is 11.5. The second kappa shape index (κ2) is 4.72. The Bertz CT molecular complexity index is 409. The van der Waals surface area contributed by atoms with E-state index >= 15 is 0 Å². The van der Waals surface area contributed by atoms with Crippen molar-refractivity contribution in [3.05, 3.63) is 28.8 Å². The van der Waals surface area contributed by atoms with Crippen molar-refractivity contribution in [1.82, 2.24) is 4.90 Å². The van der Waals surface area contributed by atoms with Gasteiger partial charge in [-0.15, -0.1) is 0 Å². The lowest BCUT2D eigenvalue weighted by Gasteiger charge is -2.27. The molecule has 2 rings (SSSR count). The SMILES string of the molecule is Nc1ccc(Cl)cc1CN1CCOCC1=O. The first-order valence-electron chi connectivity index (χ1n) is 5.06. The predicted molar refractivity (Wildman–Crippen MR) is 62.1 cm³/mol. The van der Waals surface area contributed by atoms with Crippen molar-refractivity contribution < 1.29 is 9.53 Å². The summed E-state index contributed by atoms with van der Waals surface area (Å²) in [5, 5.41) is 0.630. The Morgan fingerprint density at radius 1 is 1.50 bits per heavy atom. The number of rotatable bonds is 2. The molecular weight excluding hydrogens is 228 g/mol. The molecule has 4 nitrogen and oxygen atoms in total. The normalized spacial score (nSPS) is 16.6. The molecule has 86 valence electrons. The van der Waals surface area contributed by atoms with Crippen LogP contribution in [0.15, 0.2) is 18.2 Å². The van der Waals surface area contributed by atoms with Gasteiger partial charge in [0, 0.05) is 23.8 Å². The van der Waals surface area contributed by atoms with E-state index in [0.717, 1.165) is 5.56 Å². The Labute approximate surface area is 98.9 Å². The van der Waals surface area contributed by atoms with E-state index in [4.69, 9.17) is 22.1 Å². The Hall–Kier alpha value is -1.26. The summed E-state index contributed by atoms with van der Waals surface area (Å²) in [7, 11) is 0. The highest BCUT2D eigenvalue weighted by Gasteiger charge is 2.19. The van der Waals surface area contributed by atoms with Crippen LogP contribution in [0.25, 0.3) is 0 Å². The third kappa shape index (κ3) is 2.46. The standard InChI is InChI=1S/C11H13ClN2O2/c12-9-1-2-10(13)8(5-9)6-14-3-4-16-7-11(14)15/h1-2,5H,3-4,6-7,13H2. The van der Waals surface area contributed by atoms with Gasteiger partial charge in [-0.2, -0.15) is 0 Å². The van der Waals surface area contributed by atoms with Crippen molar-refractivity contribution >= 4 is 23.2 Å². The van der Waals surface area contributed by atoms with Gasteiger partial charge in [-0.3, -0.25) is 4.79 Å². The molecule has 1 aliphatic heterocycles. The number of anilines is 1. The summed E-state index contributed by atoms with van der Waals surface area (Å²) in [5.41, 5.74) is 7.36. The number of nitrogen functional groups attached to an aromatic ring is 1. The van der Waals surface area contributed by atoms with Crippen molar-refractivity contribution in [2.45, 2.75) is 6.54 Å². The molecule has 1 aromatic carbocycles. The quantitative estimate of drug-likeness (QED) is 0.793. The van der Waals surface area contributed by atoms with Crippen LogP contribution in [0.1, 0.15) is 5.56 Å². The monoisotopic (exact) mass is 240 g/mol. The highest BCUT2D eigenvalue weighted by molar-refractivity contribution is 6.30. The largest absolute Gasteiger partial charge is 0.398 e. The van der Waals surface area contributed by atoms with Gasteiger partial charge in [-0.1, -0.05) is 11.6 Å². The summed E-state index contributed by atoms with van der Waals surface area (Å²) in [5.74, 6) is -0.00868. The first-order valence-corrected chi connectivity index (χ1v) is 5.44. The van der Waals surface area contributed by atoms with E-state index in [2.05, 4.69) is 0 Å². The number of carbonyl (C=O) groups excluding carboxylic acids is 1. The first kappa shape index (κ1) is 11.2. The van der Waals surface area contributed by atoms with Crippen molar-refractivity contribution in [3.8, 4) is 0 Å². The van der Waals surface area contributed by atoms with Crippen LogP contribution in [0.3, 0.4) is 0 Å². The number of nitrogens with two attached hydrogens (primary N) is 1. The van der Waals surface area contributed by atoms with Gasteiger partial charge in [0.2, 0.25) is 5.91 Å². The molecule has 0 unspecified atom stereocenters. The van der Waals surface area contributed by atoms with Gasteiger partial charge in [0.05, 0.1) is 6.61 Å². The highest BCUT2D eigenvalue weighted by atomic mass is 35.5. The Morgan fingerprint density at radius 3 is 3.06 bits per heavy atom. The van der Waals surface area contributed by atoms with E-state index in [9.17, 15) is 4.79 Å². The van der Waals surface area contributed by atoms with Crippen LogP contribution in [0.4, 0.5) is 5.69 Å². The second-order valence-corrected chi connectivity index (χ2v) is 4.15.